The SMILES string of the molecule is Cl.O=C(NCC1CCCN1)C1CC1c1ccc(F)cc1F. The third-order valence-electron chi connectivity index (χ3n) is 4.17. The second kappa shape index (κ2) is 6.71. The van der Waals surface area contributed by atoms with E-state index in [9.17, 15) is 13.6 Å². The lowest BCUT2D eigenvalue weighted by Gasteiger charge is -2.11. The number of nitrogens with one attached hydrogen (secondary N) is 2. The van der Waals surface area contributed by atoms with Gasteiger partial charge in [-0.2, -0.15) is 0 Å². The second-order valence-electron chi connectivity index (χ2n) is 5.65. The van der Waals surface area contributed by atoms with Gasteiger partial charge in [0, 0.05) is 24.6 Å². The Balaban J connectivity index is 0.00000161. The fourth-order valence-corrected chi connectivity index (χ4v) is 2.92. The van der Waals surface area contributed by atoms with Crippen LogP contribution in [0.15, 0.2) is 18.2 Å². The van der Waals surface area contributed by atoms with Crippen molar-refractivity contribution in [3.63, 3.8) is 0 Å². The predicted octanol–water partition coefficient (Wildman–Crippen LogP) is 2.36. The van der Waals surface area contributed by atoms with Crippen LogP contribution < -0.4 is 10.6 Å². The summed E-state index contributed by atoms with van der Waals surface area (Å²) in [6, 6.07) is 3.93. The zero-order valence-electron chi connectivity index (χ0n) is 11.6. The van der Waals surface area contributed by atoms with E-state index in [0.717, 1.165) is 25.5 Å². The monoisotopic (exact) mass is 316 g/mol. The molecule has 2 aliphatic rings. The number of hydrogen-bond donors (Lipinski definition) is 2. The van der Waals surface area contributed by atoms with Crippen molar-refractivity contribution in [3.8, 4) is 0 Å². The molecule has 1 heterocycles. The molecule has 2 fully saturated rings. The van der Waals surface area contributed by atoms with Crippen molar-refractivity contribution in [2.75, 3.05) is 13.1 Å². The number of carbonyl (C=O) groups is 1. The average molecular weight is 317 g/mol. The highest BCUT2D eigenvalue weighted by Gasteiger charge is 2.45. The Kier molecular flexibility index (Phi) is 5.17. The molecule has 2 N–H and O–H groups in total. The number of hydrogen-bond acceptors (Lipinski definition) is 2. The molecule has 0 radical (unpaired) electrons. The van der Waals surface area contributed by atoms with E-state index in [2.05, 4.69) is 10.6 Å². The van der Waals surface area contributed by atoms with Crippen LogP contribution in [-0.4, -0.2) is 25.0 Å². The fourth-order valence-electron chi connectivity index (χ4n) is 2.92. The molecule has 0 aromatic heterocycles. The first-order chi connectivity index (χ1) is 9.65. The molecule has 3 unspecified atom stereocenters. The Morgan fingerprint density at radius 2 is 2.19 bits per heavy atom. The van der Waals surface area contributed by atoms with Crippen LogP contribution in [0.3, 0.4) is 0 Å². The van der Waals surface area contributed by atoms with Crippen molar-refractivity contribution in [2.45, 2.75) is 31.2 Å². The molecule has 1 aliphatic heterocycles. The van der Waals surface area contributed by atoms with Gasteiger partial charge in [-0.1, -0.05) is 6.07 Å². The van der Waals surface area contributed by atoms with Crippen LogP contribution in [0.4, 0.5) is 8.78 Å². The number of halogens is 3. The van der Waals surface area contributed by atoms with E-state index in [4.69, 9.17) is 0 Å². The van der Waals surface area contributed by atoms with Crippen LogP contribution in [0.1, 0.15) is 30.7 Å². The first kappa shape index (κ1) is 16.2. The van der Waals surface area contributed by atoms with Crippen LogP contribution in [0, 0.1) is 17.6 Å². The van der Waals surface area contributed by atoms with Crippen molar-refractivity contribution < 1.29 is 13.6 Å². The average Bonchev–Trinajstić information content (AvgIpc) is 3.03. The summed E-state index contributed by atoms with van der Waals surface area (Å²) in [5.41, 5.74) is 0.450. The zero-order valence-corrected chi connectivity index (χ0v) is 12.4. The summed E-state index contributed by atoms with van der Waals surface area (Å²) in [5.74, 6) is -1.43. The minimum atomic E-state index is -0.583. The van der Waals surface area contributed by atoms with Crippen LogP contribution in [-0.2, 0) is 4.79 Å². The number of carbonyl (C=O) groups excluding carboxylic acids is 1. The Labute approximate surface area is 128 Å². The van der Waals surface area contributed by atoms with E-state index in [0.29, 0.717) is 24.6 Å². The molecular formula is C15H19ClF2N2O. The lowest BCUT2D eigenvalue weighted by molar-refractivity contribution is -0.122. The summed E-state index contributed by atoms with van der Waals surface area (Å²) in [6.07, 6.45) is 2.88. The zero-order chi connectivity index (χ0) is 14.1. The first-order valence-corrected chi connectivity index (χ1v) is 7.11. The van der Waals surface area contributed by atoms with Crippen molar-refractivity contribution >= 4 is 18.3 Å². The van der Waals surface area contributed by atoms with E-state index in [1.54, 1.807) is 0 Å². The number of benzene rings is 1. The van der Waals surface area contributed by atoms with Gasteiger partial charge >= 0.3 is 0 Å². The Bertz CT molecular complexity index is 520. The predicted molar refractivity (Wildman–Crippen MR) is 78.5 cm³/mol. The van der Waals surface area contributed by atoms with Crippen molar-refractivity contribution in [2.24, 2.45) is 5.92 Å². The molecule has 21 heavy (non-hydrogen) atoms. The Morgan fingerprint density at radius 1 is 1.38 bits per heavy atom. The van der Waals surface area contributed by atoms with Crippen molar-refractivity contribution in [1.29, 1.82) is 0 Å². The lowest BCUT2D eigenvalue weighted by Crippen LogP contribution is -2.38. The lowest BCUT2D eigenvalue weighted by atomic mass is 10.1. The maximum atomic E-state index is 13.6. The summed E-state index contributed by atoms with van der Waals surface area (Å²) >= 11 is 0. The highest BCUT2D eigenvalue weighted by Crippen LogP contribution is 2.48. The molecular weight excluding hydrogens is 298 g/mol. The molecule has 1 aliphatic carbocycles. The standard InChI is InChI=1S/C15H18F2N2O.ClH/c16-9-3-4-11(14(17)6-9)12-7-13(12)15(20)19-8-10-2-1-5-18-10;/h3-4,6,10,12-13,18H,1-2,5,7-8H2,(H,19,20);1H. The van der Waals surface area contributed by atoms with Crippen LogP contribution in [0.5, 0.6) is 0 Å². The van der Waals surface area contributed by atoms with Gasteiger partial charge in [0.1, 0.15) is 11.6 Å². The van der Waals surface area contributed by atoms with Gasteiger partial charge in [0.05, 0.1) is 0 Å². The summed E-state index contributed by atoms with van der Waals surface area (Å²) in [4.78, 5) is 12.0. The molecule has 0 bridgehead atoms. The van der Waals surface area contributed by atoms with E-state index < -0.39 is 11.6 Å². The Morgan fingerprint density at radius 3 is 2.86 bits per heavy atom. The molecule has 3 rings (SSSR count). The van der Waals surface area contributed by atoms with Gasteiger partial charge in [-0.3, -0.25) is 4.79 Å². The molecule has 1 saturated heterocycles. The third-order valence-corrected chi connectivity index (χ3v) is 4.17. The summed E-state index contributed by atoms with van der Waals surface area (Å²) in [7, 11) is 0. The minimum Gasteiger partial charge on any atom is -0.354 e. The maximum Gasteiger partial charge on any atom is 0.223 e. The minimum absolute atomic E-state index is 0. The van der Waals surface area contributed by atoms with E-state index in [1.807, 2.05) is 0 Å². The Hall–Kier alpha value is -1.20. The van der Waals surface area contributed by atoms with Crippen LogP contribution in [0.25, 0.3) is 0 Å². The number of rotatable bonds is 4. The molecule has 116 valence electrons. The third kappa shape index (κ3) is 3.71. The molecule has 0 spiro atoms. The van der Waals surface area contributed by atoms with Gasteiger partial charge in [-0.05, 0) is 43.4 Å². The molecule has 1 aromatic rings. The molecule has 1 aromatic carbocycles. The van der Waals surface area contributed by atoms with E-state index in [-0.39, 0.29) is 30.2 Å². The van der Waals surface area contributed by atoms with Crippen LogP contribution in [0.2, 0.25) is 0 Å². The first-order valence-electron chi connectivity index (χ1n) is 7.11. The molecule has 1 saturated carbocycles. The molecule has 3 nitrogen and oxygen atoms in total. The summed E-state index contributed by atoms with van der Waals surface area (Å²) in [5, 5.41) is 6.23. The normalized spacial score (nSPS) is 27.0. The molecule has 3 atom stereocenters. The highest BCUT2D eigenvalue weighted by molar-refractivity contribution is 5.85. The second-order valence-corrected chi connectivity index (χ2v) is 5.65. The largest absolute Gasteiger partial charge is 0.354 e. The van der Waals surface area contributed by atoms with Crippen molar-refractivity contribution in [3.05, 3.63) is 35.4 Å². The van der Waals surface area contributed by atoms with Gasteiger partial charge in [0.2, 0.25) is 5.91 Å². The highest BCUT2D eigenvalue weighted by atomic mass is 35.5. The van der Waals surface area contributed by atoms with Crippen molar-refractivity contribution in [1.82, 2.24) is 10.6 Å². The topological polar surface area (TPSA) is 41.1 Å². The quantitative estimate of drug-likeness (QED) is 0.895. The maximum absolute atomic E-state index is 13.6. The molecule has 6 heteroatoms. The summed E-state index contributed by atoms with van der Waals surface area (Å²) in [6.45, 7) is 1.64. The summed E-state index contributed by atoms with van der Waals surface area (Å²) < 4.78 is 26.5. The van der Waals surface area contributed by atoms with Gasteiger partial charge in [0.15, 0.2) is 0 Å². The van der Waals surface area contributed by atoms with Crippen LogP contribution >= 0.6 is 12.4 Å². The molecule has 1 amide bonds. The van der Waals surface area contributed by atoms with Gasteiger partial charge < -0.3 is 10.6 Å². The fraction of sp³-hybridized carbons (Fsp3) is 0.533. The van der Waals surface area contributed by atoms with Gasteiger partial charge in [-0.25, -0.2) is 8.78 Å². The van der Waals surface area contributed by atoms with Gasteiger partial charge in [-0.15, -0.1) is 12.4 Å². The smallest absolute Gasteiger partial charge is 0.223 e. The van der Waals surface area contributed by atoms with E-state index in [1.165, 1.54) is 12.1 Å². The van der Waals surface area contributed by atoms with Gasteiger partial charge in [0.25, 0.3) is 0 Å². The van der Waals surface area contributed by atoms with E-state index >= 15 is 0 Å². The number of amides is 1.